The van der Waals surface area contributed by atoms with E-state index in [0.29, 0.717) is 19.8 Å². The summed E-state index contributed by atoms with van der Waals surface area (Å²) in [6.45, 7) is 30.9. The van der Waals surface area contributed by atoms with Crippen LogP contribution in [0.1, 0.15) is 132 Å². The fourth-order valence-electron chi connectivity index (χ4n) is 7.47. The van der Waals surface area contributed by atoms with Crippen molar-refractivity contribution in [3.63, 3.8) is 0 Å². The topological polar surface area (TPSA) is 241 Å². The number of hydrogen-bond donors (Lipinski definition) is 4. The van der Waals surface area contributed by atoms with Crippen LogP contribution in [0.3, 0.4) is 0 Å². The van der Waals surface area contributed by atoms with E-state index in [0.717, 1.165) is 0 Å². The van der Waals surface area contributed by atoms with Crippen LogP contribution in [0.4, 0.5) is 0 Å². The molecule has 4 saturated heterocycles. The standard InChI is InChI=1S/C13H26BO6P.C12H24BO6P.2C12H24BO4PS/c1-6-17-12-11(20-21(15,16)9(4)5)10(19-13(12)14)7-18-8(2)3;1-7(2)17-6-9-10(11(16-5)12(13)18-9)19-20(14,15)8(3)4;2*1-7(2)15-6-10-11(9(5)12(13)16-10)17-18(14,19)8(3)4/h8-13H,6-7H2,1-5H3,(H,15,16);7-12H,6H2,1-5H3,(H,14,15);2*7-12H,6H2,1-5H3,(H,14,19)/t10-,11?,12+,13-;9-,10?,11+,12-;2*9-,10+,11?,12+,18?/m1100/s1. The maximum Gasteiger partial charge on any atom is 0.331 e. The summed E-state index contributed by atoms with van der Waals surface area (Å²) in [7, 11) is 17.5. The quantitative estimate of drug-likeness (QED) is 0.0347. The SMILES string of the molecule is [B][C@@H]1O[C@H](COC(C)C)C(OP(=O)(O)C(C)C)[C@@H]1OC.[B][C@@H]1O[C@H](COC(C)C)C(OP(=O)(O)C(C)C)[C@@H]1OCC.[B][C@@H]1O[C@H](COC(C)C)C(OP(=O)(S)C(C)C)[C@@H]1C.[B][C@@H]1O[C@H](COC(C)C)C(OP(O)(=S)C(C)C)[C@@H]1C. The Morgan fingerprint density at radius 1 is 0.468 bits per heavy atom. The van der Waals surface area contributed by atoms with E-state index in [1.807, 2.05) is 104 Å². The van der Waals surface area contributed by atoms with Crippen LogP contribution in [0.25, 0.3) is 0 Å². The molecule has 3 N–H and O–H groups in total. The highest BCUT2D eigenvalue weighted by Crippen LogP contribution is 2.59. The zero-order chi connectivity index (χ0) is 61.3. The van der Waals surface area contributed by atoms with Crippen LogP contribution in [0, 0.1) is 11.8 Å². The Balaban J connectivity index is 0.000000527. The van der Waals surface area contributed by atoms with E-state index in [9.17, 15) is 28.4 Å². The molecule has 30 heteroatoms. The molecule has 20 atom stereocenters. The van der Waals surface area contributed by atoms with Gasteiger partial charge in [0.25, 0.3) is 6.57 Å². The van der Waals surface area contributed by atoms with E-state index in [1.54, 1.807) is 27.7 Å². The number of rotatable bonds is 27. The van der Waals surface area contributed by atoms with Gasteiger partial charge in [0.2, 0.25) is 0 Å². The first-order valence-electron chi connectivity index (χ1n) is 27.5. The Morgan fingerprint density at radius 2 is 0.772 bits per heavy atom. The minimum absolute atomic E-state index is 0.0163. The highest BCUT2D eigenvalue weighted by Gasteiger charge is 2.50. The van der Waals surface area contributed by atoms with Gasteiger partial charge in [-0.1, -0.05) is 81.5 Å². The summed E-state index contributed by atoms with van der Waals surface area (Å²) >= 11 is 9.36. The van der Waals surface area contributed by atoms with Crippen molar-refractivity contribution in [3.05, 3.63) is 0 Å². The molecule has 4 aliphatic heterocycles. The summed E-state index contributed by atoms with van der Waals surface area (Å²) in [5.41, 5.74) is -1.25. The van der Waals surface area contributed by atoms with Crippen LogP contribution < -0.4 is 0 Å². The number of methoxy groups -OCH3 is 1. The van der Waals surface area contributed by atoms with Crippen molar-refractivity contribution in [2.45, 2.75) is 264 Å². The molecule has 0 aromatic rings. The summed E-state index contributed by atoms with van der Waals surface area (Å²) in [5, 5.41) is 0. The summed E-state index contributed by atoms with van der Waals surface area (Å²) in [4.78, 5) is 30.1. The van der Waals surface area contributed by atoms with Crippen molar-refractivity contribution >= 4 is 83.7 Å². The van der Waals surface area contributed by atoms with Gasteiger partial charge in [0, 0.05) is 60.9 Å². The van der Waals surface area contributed by atoms with Gasteiger partial charge in [-0.2, -0.15) is 0 Å². The van der Waals surface area contributed by atoms with E-state index < -0.39 is 100 Å². The van der Waals surface area contributed by atoms with Gasteiger partial charge in [-0.05, 0) is 74.1 Å². The van der Waals surface area contributed by atoms with Gasteiger partial charge in [-0.15, -0.1) is 0 Å². The lowest BCUT2D eigenvalue weighted by molar-refractivity contribution is -0.0469. The molecule has 0 bridgehead atoms. The van der Waals surface area contributed by atoms with Crippen LogP contribution in [-0.2, 0) is 91.0 Å². The predicted molar refractivity (Wildman–Crippen MR) is 319 cm³/mol. The minimum Gasteiger partial charge on any atom is -0.379 e. The lowest BCUT2D eigenvalue weighted by Gasteiger charge is -2.29. The Labute approximate surface area is 490 Å². The summed E-state index contributed by atoms with van der Waals surface area (Å²) in [6.07, 6.45) is -4.70. The Bertz CT molecular complexity index is 1860. The van der Waals surface area contributed by atoms with Gasteiger partial charge >= 0.3 is 15.2 Å². The number of thiol groups is 1. The third kappa shape index (κ3) is 26.3. The summed E-state index contributed by atoms with van der Waals surface area (Å²) in [6, 6.07) is -2.25. The predicted octanol–water partition coefficient (Wildman–Crippen LogP) is 7.88. The molecule has 4 aliphatic rings. The van der Waals surface area contributed by atoms with Crippen LogP contribution in [0.15, 0.2) is 0 Å². The highest BCUT2D eigenvalue weighted by atomic mass is 32.7. The average molecular weight is 1240 g/mol. The van der Waals surface area contributed by atoms with E-state index in [1.165, 1.54) is 7.11 Å². The maximum absolute atomic E-state index is 12.3. The zero-order valence-electron chi connectivity index (χ0n) is 50.6. The molecule has 4 rings (SSSR count). The fourth-order valence-corrected chi connectivity index (χ4v) is 11.6. The molecule has 0 spiro atoms. The van der Waals surface area contributed by atoms with Gasteiger partial charge in [-0.3, -0.25) is 22.7 Å². The molecule has 4 heterocycles. The van der Waals surface area contributed by atoms with Gasteiger partial charge in [0.15, 0.2) is 6.49 Å². The molecule has 0 aromatic carbocycles. The first-order valence-corrected chi connectivity index (χ1v) is 36.3. The molecule has 4 fully saturated rings. The normalized spacial score (nSPS) is 34.1. The van der Waals surface area contributed by atoms with Crippen LogP contribution in [-0.4, -0.2) is 218 Å². The summed E-state index contributed by atoms with van der Waals surface area (Å²) < 4.78 is 114. The van der Waals surface area contributed by atoms with E-state index in [-0.39, 0.29) is 85.2 Å². The van der Waals surface area contributed by atoms with Crippen molar-refractivity contribution in [1.29, 1.82) is 0 Å². The van der Waals surface area contributed by atoms with Gasteiger partial charge in [-0.25, -0.2) is 0 Å². The molecule has 0 aromatic heterocycles. The van der Waals surface area contributed by atoms with Crippen molar-refractivity contribution in [3.8, 4) is 0 Å². The van der Waals surface area contributed by atoms with Crippen molar-refractivity contribution in [2.24, 2.45) is 11.8 Å². The minimum atomic E-state index is -3.76. The smallest absolute Gasteiger partial charge is 0.331 e. The molecular formula is C49H98B4O20P4S2. The van der Waals surface area contributed by atoms with E-state index >= 15 is 0 Å². The first kappa shape index (κ1) is 78.3. The molecule has 0 amide bonds. The molecule has 0 aliphatic carbocycles. The van der Waals surface area contributed by atoms with Gasteiger partial charge in [0.1, 0.15) is 80.2 Å². The van der Waals surface area contributed by atoms with Crippen LogP contribution >= 0.6 is 40.5 Å². The molecule has 8 unspecified atom stereocenters. The molecule has 79 heavy (non-hydrogen) atoms. The highest BCUT2D eigenvalue weighted by molar-refractivity contribution is 8.46. The van der Waals surface area contributed by atoms with Crippen LogP contribution in [0.5, 0.6) is 0 Å². The maximum atomic E-state index is 12.3. The summed E-state index contributed by atoms with van der Waals surface area (Å²) in [5.74, 6) is -0.0611. The largest absolute Gasteiger partial charge is 0.379 e. The number of hydrogen-bond acceptors (Lipinski definition) is 18. The molecule has 0 saturated carbocycles. The fraction of sp³-hybridized carbons (Fsp3) is 1.00. The monoisotopic (exact) mass is 1240 g/mol. The Hall–Kier alpha value is 1.27. The van der Waals surface area contributed by atoms with Crippen LogP contribution in [0.2, 0.25) is 0 Å². The molecule has 8 radical (unpaired) electrons. The van der Waals surface area contributed by atoms with Crippen molar-refractivity contribution in [1.82, 2.24) is 0 Å². The molecule has 20 nitrogen and oxygen atoms in total. The number of ether oxygens (including phenoxy) is 10. The lowest BCUT2D eigenvalue weighted by atomic mass is 9.86. The lowest BCUT2D eigenvalue weighted by Crippen LogP contribution is -2.39. The average Bonchev–Trinajstić information content (AvgIpc) is 3.97. The van der Waals surface area contributed by atoms with Crippen molar-refractivity contribution < 1.29 is 93.8 Å². The second-order valence-corrected chi connectivity index (χ2v) is 35.1. The molecule has 458 valence electrons. The van der Waals surface area contributed by atoms with Gasteiger partial charge in [0.05, 0.1) is 74.4 Å². The second kappa shape index (κ2) is 35.9. The second-order valence-electron chi connectivity index (χ2n) is 22.3. The molecular weight excluding hydrogens is 1140 g/mol. The Kier molecular flexibility index (Phi) is 35.6. The van der Waals surface area contributed by atoms with E-state index in [4.69, 9.17) is 109 Å². The zero-order valence-corrected chi connectivity index (χ0v) is 55.9. The first-order chi connectivity index (χ1) is 36.2. The van der Waals surface area contributed by atoms with E-state index in [2.05, 4.69) is 12.2 Å². The Morgan fingerprint density at radius 3 is 1.06 bits per heavy atom. The van der Waals surface area contributed by atoms with Gasteiger partial charge < -0.3 is 71.1 Å². The third-order valence-corrected chi connectivity index (χ3v) is 23.5. The van der Waals surface area contributed by atoms with Crippen molar-refractivity contribution in [2.75, 3.05) is 40.1 Å². The third-order valence-electron chi connectivity index (χ3n) is 12.9.